The van der Waals surface area contributed by atoms with Crippen LogP contribution in [0.1, 0.15) is 38.8 Å². The third-order valence-corrected chi connectivity index (χ3v) is 4.60. The van der Waals surface area contributed by atoms with Crippen LogP contribution in [0.15, 0.2) is 24.3 Å². The third kappa shape index (κ3) is 6.02. The van der Waals surface area contributed by atoms with E-state index in [0.29, 0.717) is 5.56 Å². The zero-order valence-corrected chi connectivity index (χ0v) is 18.1. The molecule has 1 heterocycles. The van der Waals surface area contributed by atoms with Gasteiger partial charge in [0, 0.05) is 33.3 Å². The van der Waals surface area contributed by atoms with E-state index >= 15 is 0 Å². The molecule has 1 aliphatic heterocycles. The van der Waals surface area contributed by atoms with Crippen LogP contribution in [-0.2, 0) is 55.3 Å². The zero-order valence-electron chi connectivity index (χ0n) is 18.1. The fourth-order valence-corrected chi connectivity index (χ4v) is 3.36. The van der Waals surface area contributed by atoms with Gasteiger partial charge >= 0.3 is 23.9 Å². The summed E-state index contributed by atoms with van der Waals surface area (Å²) in [4.78, 5) is 46.8. The van der Waals surface area contributed by atoms with Crippen LogP contribution in [0.25, 0.3) is 0 Å². The highest BCUT2D eigenvalue weighted by atomic mass is 16.7. The van der Waals surface area contributed by atoms with Crippen molar-refractivity contribution in [2.45, 2.75) is 64.5 Å². The highest BCUT2D eigenvalue weighted by Gasteiger charge is 2.60. The molecule has 11 heteroatoms. The molecule has 1 aromatic rings. The van der Waals surface area contributed by atoms with Crippen LogP contribution in [0.3, 0.4) is 0 Å². The van der Waals surface area contributed by atoms with Gasteiger partial charge in [-0.2, -0.15) is 0 Å². The number of carbonyl (C=O) groups is 4. The Balaban J connectivity index is 2.62. The van der Waals surface area contributed by atoms with Crippen molar-refractivity contribution in [1.29, 1.82) is 0 Å². The SMILES string of the molecule is CC(=O)OC[C@H]1O[C@@](O)(c2ccc(CO)cc2)[C@H](OC(C)=O)[C@@H](OC(C)=O)[C@H]1OC(C)=O. The largest absolute Gasteiger partial charge is 0.463 e. The van der Waals surface area contributed by atoms with Crippen LogP contribution >= 0.6 is 0 Å². The number of carbonyl (C=O) groups excluding carboxylic acids is 4. The first kappa shape index (κ1) is 25.2. The Morgan fingerprint density at radius 1 is 0.875 bits per heavy atom. The molecule has 0 bridgehead atoms. The summed E-state index contributed by atoms with van der Waals surface area (Å²) in [6, 6.07) is 5.84. The van der Waals surface area contributed by atoms with Crippen LogP contribution in [0.5, 0.6) is 0 Å². The number of hydrogen-bond acceptors (Lipinski definition) is 11. The summed E-state index contributed by atoms with van der Waals surface area (Å²) in [7, 11) is 0. The Hall–Kier alpha value is -3.02. The van der Waals surface area contributed by atoms with Gasteiger partial charge in [-0.15, -0.1) is 0 Å². The summed E-state index contributed by atoms with van der Waals surface area (Å²) >= 11 is 0. The lowest BCUT2D eigenvalue weighted by molar-refractivity contribution is -0.360. The third-order valence-electron chi connectivity index (χ3n) is 4.60. The second-order valence-electron chi connectivity index (χ2n) is 7.19. The maximum Gasteiger partial charge on any atom is 0.303 e. The van der Waals surface area contributed by atoms with Crippen molar-refractivity contribution >= 4 is 23.9 Å². The van der Waals surface area contributed by atoms with Gasteiger partial charge in [-0.05, 0) is 5.56 Å². The minimum atomic E-state index is -2.39. The molecular formula is C21H26O11. The van der Waals surface area contributed by atoms with E-state index in [4.69, 9.17) is 23.7 Å². The smallest absolute Gasteiger partial charge is 0.303 e. The lowest BCUT2D eigenvalue weighted by atomic mass is 9.87. The average molecular weight is 454 g/mol. The summed E-state index contributed by atoms with van der Waals surface area (Å²) in [5, 5.41) is 20.8. The van der Waals surface area contributed by atoms with E-state index in [-0.39, 0.29) is 12.2 Å². The molecule has 0 radical (unpaired) electrons. The van der Waals surface area contributed by atoms with Gasteiger partial charge in [0.15, 0.2) is 12.2 Å². The van der Waals surface area contributed by atoms with Gasteiger partial charge in [-0.3, -0.25) is 19.2 Å². The molecule has 0 unspecified atom stereocenters. The van der Waals surface area contributed by atoms with Gasteiger partial charge in [0.2, 0.25) is 11.9 Å². The van der Waals surface area contributed by atoms with E-state index in [1.165, 1.54) is 24.3 Å². The summed E-state index contributed by atoms with van der Waals surface area (Å²) in [6.45, 7) is 3.69. The molecule has 1 aliphatic rings. The van der Waals surface area contributed by atoms with Crippen LogP contribution < -0.4 is 0 Å². The first-order valence-electron chi connectivity index (χ1n) is 9.73. The molecule has 2 N–H and O–H groups in total. The van der Waals surface area contributed by atoms with Gasteiger partial charge in [-0.25, -0.2) is 0 Å². The van der Waals surface area contributed by atoms with E-state index in [1.54, 1.807) is 0 Å². The first-order valence-corrected chi connectivity index (χ1v) is 9.73. The van der Waals surface area contributed by atoms with E-state index in [9.17, 15) is 29.4 Å². The summed E-state index contributed by atoms with van der Waals surface area (Å²) in [5.41, 5.74) is 0.621. The average Bonchev–Trinajstić information content (AvgIpc) is 2.70. The van der Waals surface area contributed by atoms with Crippen LogP contribution in [0.4, 0.5) is 0 Å². The van der Waals surface area contributed by atoms with E-state index in [0.717, 1.165) is 27.7 Å². The standard InChI is InChI=1S/C21H26O11/c1-11(23)28-10-17-18(29-12(2)24)19(30-13(3)25)20(31-14(4)26)21(27,32-17)16-7-5-15(9-22)6-8-16/h5-8,17-20,22,27H,9-10H2,1-4H3/t17-,18+,19+,20-,21+/m1/s1. The molecule has 0 saturated carbocycles. The Kier molecular flexibility index (Phi) is 8.31. The molecule has 0 amide bonds. The second kappa shape index (κ2) is 10.5. The van der Waals surface area contributed by atoms with Crippen molar-refractivity contribution in [2.24, 2.45) is 0 Å². The number of ether oxygens (including phenoxy) is 5. The fourth-order valence-electron chi connectivity index (χ4n) is 3.36. The molecule has 2 rings (SSSR count). The predicted molar refractivity (Wildman–Crippen MR) is 104 cm³/mol. The molecule has 32 heavy (non-hydrogen) atoms. The molecule has 1 saturated heterocycles. The molecular weight excluding hydrogens is 428 g/mol. The van der Waals surface area contributed by atoms with Crippen molar-refractivity contribution in [3.8, 4) is 0 Å². The Morgan fingerprint density at radius 2 is 1.41 bits per heavy atom. The normalized spacial score (nSPS) is 27.2. The van der Waals surface area contributed by atoms with Crippen molar-refractivity contribution in [2.75, 3.05) is 6.61 Å². The number of aliphatic hydroxyl groups excluding tert-OH is 1. The van der Waals surface area contributed by atoms with Crippen LogP contribution in [0.2, 0.25) is 0 Å². The monoisotopic (exact) mass is 454 g/mol. The predicted octanol–water partition coefficient (Wildman–Crippen LogP) is 0.0810. The number of aliphatic hydroxyl groups is 2. The van der Waals surface area contributed by atoms with Crippen molar-refractivity contribution in [1.82, 2.24) is 0 Å². The maximum atomic E-state index is 11.8. The quantitative estimate of drug-likeness (QED) is 0.425. The van der Waals surface area contributed by atoms with E-state index in [2.05, 4.69) is 0 Å². The first-order chi connectivity index (χ1) is 15.0. The van der Waals surface area contributed by atoms with Gasteiger partial charge < -0.3 is 33.9 Å². The van der Waals surface area contributed by atoms with Crippen molar-refractivity contribution < 1.29 is 53.1 Å². The summed E-state index contributed by atoms with van der Waals surface area (Å²) in [5.74, 6) is -5.47. The lowest BCUT2D eigenvalue weighted by Crippen LogP contribution is -2.66. The Bertz CT molecular complexity index is 850. The summed E-state index contributed by atoms with van der Waals surface area (Å²) < 4.78 is 26.6. The van der Waals surface area contributed by atoms with Gasteiger partial charge in [0.1, 0.15) is 12.7 Å². The zero-order chi connectivity index (χ0) is 24.1. The molecule has 0 aliphatic carbocycles. The molecule has 1 aromatic carbocycles. The lowest BCUT2D eigenvalue weighted by Gasteiger charge is -2.48. The number of rotatable bonds is 7. The van der Waals surface area contributed by atoms with Gasteiger partial charge in [0.25, 0.3) is 0 Å². The van der Waals surface area contributed by atoms with E-state index in [1.807, 2.05) is 0 Å². The molecule has 0 spiro atoms. The van der Waals surface area contributed by atoms with Gasteiger partial charge in [0.05, 0.1) is 6.61 Å². The molecule has 5 atom stereocenters. The maximum absolute atomic E-state index is 11.8. The molecule has 0 aromatic heterocycles. The number of benzene rings is 1. The van der Waals surface area contributed by atoms with Crippen LogP contribution in [0, 0.1) is 0 Å². The highest BCUT2D eigenvalue weighted by Crippen LogP contribution is 2.41. The second-order valence-corrected chi connectivity index (χ2v) is 7.19. The van der Waals surface area contributed by atoms with Gasteiger partial charge in [-0.1, -0.05) is 24.3 Å². The molecule has 176 valence electrons. The molecule has 1 fully saturated rings. The minimum Gasteiger partial charge on any atom is -0.463 e. The van der Waals surface area contributed by atoms with Crippen LogP contribution in [-0.4, -0.2) is 65.1 Å². The molecule has 11 nitrogen and oxygen atoms in total. The topological polar surface area (TPSA) is 155 Å². The minimum absolute atomic E-state index is 0.0900. The highest BCUT2D eigenvalue weighted by molar-refractivity contribution is 5.69. The fraction of sp³-hybridized carbons (Fsp3) is 0.524. The Labute approximate surface area is 184 Å². The van der Waals surface area contributed by atoms with Crippen molar-refractivity contribution in [3.05, 3.63) is 35.4 Å². The van der Waals surface area contributed by atoms with E-state index < -0.39 is 60.7 Å². The number of hydrogen-bond donors (Lipinski definition) is 2. The number of esters is 4. The summed E-state index contributed by atoms with van der Waals surface area (Å²) in [6.07, 6.45) is -5.82. The van der Waals surface area contributed by atoms with Crippen molar-refractivity contribution in [3.63, 3.8) is 0 Å². The Morgan fingerprint density at radius 3 is 1.88 bits per heavy atom.